The quantitative estimate of drug-likeness (QED) is 0.732. The molecule has 0 aliphatic carbocycles. The number of carbonyl (C=O) groups excluding carboxylic acids is 1. The first kappa shape index (κ1) is 15.5. The molecule has 0 aromatic heterocycles. The summed E-state index contributed by atoms with van der Waals surface area (Å²) >= 11 is 0. The standard InChI is InChI=1S/C14H12F2N3O3/c15-13(16)22-12-6-2-4-10(8-12)18-14(20)17-9-3-1-5-11(7-9)19-21/h1-8,13,19H,(H2,17,18,20)/q-1. The second-order valence-electron chi connectivity index (χ2n) is 4.17. The van der Waals surface area contributed by atoms with Crippen LogP contribution in [0, 0.1) is 5.21 Å². The van der Waals surface area contributed by atoms with E-state index in [9.17, 15) is 18.8 Å². The van der Waals surface area contributed by atoms with Crippen molar-refractivity contribution >= 4 is 23.1 Å². The maximum Gasteiger partial charge on any atom is 0.387 e. The Morgan fingerprint density at radius 1 is 1.00 bits per heavy atom. The molecule has 2 amide bonds. The number of urea groups is 1. The molecule has 0 aliphatic heterocycles. The van der Waals surface area contributed by atoms with E-state index in [0.29, 0.717) is 11.4 Å². The van der Waals surface area contributed by atoms with Gasteiger partial charge in [0.2, 0.25) is 0 Å². The second-order valence-corrected chi connectivity index (χ2v) is 4.17. The molecular weight excluding hydrogens is 296 g/mol. The average molecular weight is 308 g/mol. The predicted octanol–water partition coefficient (Wildman–Crippen LogP) is 3.84. The van der Waals surface area contributed by atoms with Gasteiger partial charge in [-0.25, -0.2) is 4.79 Å². The third-order valence-corrected chi connectivity index (χ3v) is 2.56. The molecule has 3 N–H and O–H groups in total. The zero-order chi connectivity index (χ0) is 15.9. The fourth-order valence-corrected chi connectivity index (χ4v) is 1.70. The molecule has 6 nitrogen and oxygen atoms in total. The van der Waals surface area contributed by atoms with Gasteiger partial charge in [-0.2, -0.15) is 8.78 Å². The largest absolute Gasteiger partial charge is 0.761 e. The van der Waals surface area contributed by atoms with Gasteiger partial charge in [-0.1, -0.05) is 12.1 Å². The summed E-state index contributed by atoms with van der Waals surface area (Å²) < 4.78 is 28.5. The number of rotatable bonds is 5. The molecule has 2 aromatic rings. The Balaban J connectivity index is 1.99. The van der Waals surface area contributed by atoms with Gasteiger partial charge in [0.25, 0.3) is 0 Å². The summed E-state index contributed by atoms with van der Waals surface area (Å²) in [7, 11) is 0. The lowest BCUT2D eigenvalue weighted by Crippen LogP contribution is -2.19. The van der Waals surface area contributed by atoms with E-state index in [1.54, 1.807) is 23.7 Å². The van der Waals surface area contributed by atoms with Crippen molar-refractivity contribution in [2.24, 2.45) is 0 Å². The Bertz CT molecular complexity index is 653. The van der Waals surface area contributed by atoms with E-state index in [-0.39, 0.29) is 11.4 Å². The zero-order valence-corrected chi connectivity index (χ0v) is 11.2. The molecule has 116 valence electrons. The van der Waals surface area contributed by atoms with Crippen LogP contribution in [0.25, 0.3) is 0 Å². The molecule has 0 atom stereocenters. The van der Waals surface area contributed by atoms with E-state index in [2.05, 4.69) is 15.4 Å². The van der Waals surface area contributed by atoms with E-state index in [0.717, 1.165) is 0 Å². The lowest BCUT2D eigenvalue weighted by molar-refractivity contribution is -0.0497. The van der Waals surface area contributed by atoms with Gasteiger partial charge < -0.3 is 26.1 Å². The minimum absolute atomic E-state index is 0.0645. The van der Waals surface area contributed by atoms with E-state index < -0.39 is 12.6 Å². The van der Waals surface area contributed by atoms with Crippen molar-refractivity contribution in [2.45, 2.75) is 6.61 Å². The lowest BCUT2D eigenvalue weighted by Gasteiger charge is -2.12. The number of alkyl halides is 2. The van der Waals surface area contributed by atoms with Crippen LogP contribution in [0.2, 0.25) is 0 Å². The van der Waals surface area contributed by atoms with Gasteiger partial charge in [0.1, 0.15) is 5.75 Å². The highest BCUT2D eigenvalue weighted by molar-refractivity contribution is 6.00. The topological polar surface area (TPSA) is 85.5 Å². The Morgan fingerprint density at radius 3 is 2.23 bits per heavy atom. The van der Waals surface area contributed by atoms with Crippen molar-refractivity contribution < 1.29 is 18.3 Å². The third-order valence-electron chi connectivity index (χ3n) is 2.56. The van der Waals surface area contributed by atoms with Crippen molar-refractivity contribution in [3.63, 3.8) is 0 Å². The summed E-state index contributed by atoms with van der Waals surface area (Å²) in [5.74, 6) is -0.0645. The smallest absolute Gasteiger partial charge is 0.387 e. The van der Waals surface area contributed by atoms with Gasteiger partial charge in [-0.3, -0.25) is 0 Å². The number of hydrogen-bond donors (Lipinski definition) is 3. The normalized spacial score (nSPS) is 10.2. The molecule has 0 fully saturated rings. The Kier molecular flexibility index (Phi) is 5.10. The van der Waals surface area contributed by atoms with Gasteiger partial charge in [-0.05, 0) is 30.3 Å². The number of amides is 2. The highest BCUT2D eigenvalue weighted by atomic mass is 19.3. The van der Waals surface area contributed by atoms with Crippen LogP contribution in [0.5, 0.6) is 5.75 Å². The zero-order valence-electron chi connectivity index (χ0n) is 11.2. The Labute approximate surface area is 124 Å². The van der Waals surface area contributed by atoms with Crippen LogP contribution in [0.1, 0.15) is 0 Å². The van der Waals surface area contributed by atoms with Crippen molar-refractivity contribution in [3.8, 4) is 5.75 Å². The number of nitrogens with one attached hydrogen (secondary N) is 3. The maximum absolute atomic E-state index is 12.1. The monoisotopic (exact) mass is 308 g/mol. The molecule has 0 saturated heterocycles. The number of anilines is 3. The summed E-state index contributed by atoms with van der Waals surface area (Å²) in [5, 5.41) is 15.5. The number of ether oxygens (including phenoxy) is 1. The second kappa shape index (κ2) is 7.23. The molecule has 0 heterocycles. The first-order chi connectivity index (χ1) is 10.6. The van der Waals surface area contributed by atoms with Gasteiger partial charge in [0.15, 0.2) is 0 Å². The van der Waals surface area contributed by atoms with Crippen LogP contribution in [0.4, 0.5) is 30.6 Å². The maximum atomic E-state index is 12.1. The van der Waals surface area contributed by atoms with Crippen molar-refractivity contribution in [1.29, 1.82) is 0 Å². The minimum atomic E-state index is -2.94. The Morgan fingerprint density at radius 2 is 1.59 bits per heavy atom. The fraction of sp³-hybridized carbons (Fsp3) is 0.0714. The summed E-state index contributed by atoms with van der Waals surface area (Å²) in [6.07, 6.45) is 0. The highest BCUT2D eigenvalue weighted by Gasteiger charge is 2.07. The molecular formula is C14H12F2N3O3-. The first-order valence-electron chi connectivity index (χ1n) is 6.18. The predicted molar refractivity (Wildman–Crippen MR) is 79.1 cm³/mol. The summed E-state index contributed by atoms with van der Waals surface area (Å²) in [5.41, 5.74) is 2.69. The van der Waals surface area contributed by atoms with E-state index in [1.165, 1.54) is 30.3 Å². The van der Waals surface area contributed by atoms with Crippen LogP contribution in [0.15, 0.2) is 48.5 Å². The summed E-state index contributed by atoms with van der Waals surface area (Å²) in [6, 6.07) is 11.2. The van der Waals surface area contributed by atoms with E-state index in [4.69, 9.17) is 0 Å². The Hall–Kier alpha value is -2.87. The lowest BCUT2D eigenvalue weighted by atomic mass is 10.3. The first-order valence-corrected chi connectivity index (χ1v) is 6.18. The number of carbonyl (C=O) groups is 1. The van der Waals surface area contributed by atoms with Crippen molar-refractivity contribution in [1.82, 2.24) is 0 Å². The van der Waals surface area contributed by atoms with E-state index in [1.807, 2.05) is 0 Å². The van der Waals surface area contributed by atoms with Crippen LogP contribution in [0.3, 0.4) is 0 Å². The summed E-state index contributed by atoms with van der Waals surface area (Å²) in [4.78, 5) is 11.8. The molecule has 2 rings (SSSR count). The molecule has 8 heteroatoms. The molecule has 2 aromatic carbocycles. The van der Waals surface area contributed by atoms with Crippen LogP contribution in [-0.2, 0) is 0 Å². The third kappa shape index (κ3) is 4.60. The molecule has 0 saturated carbocycles. The summed E-state index contributed by atoms with van der Waals surface area (Å²) in [6.45, 7) is -2.94. The average Bonchev–Trinajstić information content (AvgIpc) is 2.47. The van der Waals surface area contributed by atoms with Crippen LogP contribution in [-0.4, -0.2) is 12.6 Å². The SMILES string of the molecule is O=C(Nc1cccc(N[O-])c1)Nc1cccc(OC(F)F)c1. The molecule has 0 unspecified atom stereocenters. The molecule has 0 aliphatic rings. The van der Waals surface area contributed by atoms with Crippen LogP contribution >= 0.6 is 0 Å². The van der Waals surface area contributed by atoms with Gasteiger partial charge in [-0.15, -0.1) is 0 Å². The highest BCUT2D eigenvalue weighted by Crippen LogP contribution is 2.20. The molecule has 0 radical (unpaired) electrons. The van der Waals surface area contributed by atoms with Gasteiger partial charge in [0.05, 0.1) is 0 Å². The number of benzene rings is 2. The molecule has 22 heavy (non-hydrogen) atoms. The van der Waals surface area contributed by atoms with Gasteiger partial charge in [0, 0.05) is 23.1 Å². The molecule has 0 bridgehead atoms. The van der Waals surface area contributed by atoms with Crippen LogP contribution < -0.4 is 20.9 Å². The van der Waals surface area contributed by atoms with E-state index >= 15 is 0 Å². The van der Waals surface area contributed by atoms with Gasteiger partial charge >= 0.3 is 12.6 Å². The van der Waals surface area contributed by atoms with Crippen molar-refractivity contribution in [3.05, 3.63) is 53.7 Å². The number of halogens is 2. The fourth-order valence-electron chi connectivity index (χ4n) is 1.70. The number of hydrogen-bond acceptors (Lipinski definition) is 4. The molecule has 0 spiro atoms. The van der Waals surface area contributed by atoms with Crippen molar-refractivity contribution in [2.75, 3.05) is 16.1 Å². The minimum Gasteiger partial charge on any atom is -0.761 e.